The molecular formula is C9H11NS. The molecule has 0 aromatic rings. The molecule has 0 radical (unpaired) electrons. The van der Waals surface area contributed by atoms with E-state index in [1.165, 1.54) is 4.91 Å². The van der Waals surface area contributed by atoms with E-state index >= 15 is 0 Å². The average molecular weight is 165 g/mol. The molecule has 2 heteroatoms. The Labute approximate surface area is 71.6 Å². The SMILES string of the molecule is C=C/C=C\C=C1/CN=C(C)S1. The van der Waals surface area contributed by atoms with E-state index in [0.717, 1.165) is 11.6 Å². The predicted octanol–water partition coefficient (Wildman–Crippen LogP) is 2.78. The second-order valence-electron chi connectivity index (χ2n) is 2.19. The van der Waals surface area contributed by atoms with E-state index < -0.39 is 0 Å². The number of thioether (sulfide) groups is 1. The summed E-state index contributed by atoms with van der Waals surface area (Å²) in [7, 11) is 0. The first-order chi connectivity index (χ1) is 5.33. The fraction of sp³-hybridized carbons (Fsp3) is 0.222. The highest BCUT2D eigenvalue weighted by molar-refractivity contribution is 8.17. The van der Waals surface area contributed by atoms with Gasteiger partial charge in [0.05, 0.1) is 11.6 Å². The molecule has 0 unspecified atom stereocenters. The van der Waals surface area contributed by atoms with Crippen LogP contribution in [0.4, 0.5) is 0 Å². The molecule has 0 aliphatic carbocycles. The zero-order valence-corrected chi connectivity index (χ0v) is 7.40. The van der Waals surface area contributed by atoms with Crippen molar-refractivity contribution >= 4 is 16.8 Å². The van der Waals surface area contributed by atoms with Gasteiger partial charge in [-0.1, -0.05) is 42.6 Å². The standard InChI is InChI=1S/C9H11NS/c1-3-4-5-6-9-7-10-8(2)11-9/h3-6H,1,7H2,2H3/b5-4-,9-6+. The number of rotatable bonds is 2. The van der Waals surface area contributed by atoms with Gasteiger partial charge >= 0.3 is 0 Å². The highest BCUT2D eigenvalue weighted by atomic mass is 32.2. The van der Waals surface area contributed by atoms with Crippen LogP contribution in [0.3, 0.4) is 0 Å². The van der Waals surface area contributed by atoms with Gasteiger partial charge in [0.2, 0.25) is 0 Å². The maximum absolute atomic E-state index is 4.25. The fourth-order valence-electron chi connectivity index (χ4n) is 0.772. The highest BCUT2D eigenvalue weighted by Gasteiger charge is 2.05. The van der Waals surface area contributed by atoms with Gasteiger partial charge < -0.3 is 0 Å². The minimum absolute atomic E-state index is 0.845. The third-order valence-corrected chi connectivity index (χ3v) is 2.22. The average Bonchev–Trinajstić information content (AvgIpc) is 2.37. The minimum Gasteiger partial charge on any atom is -0.278 e. The van der Waals surface area contributed by atoms with Gasteiger partial charge in [0.15, 0.2) is 0 Å². The van der Waals surface area contributed by atoms with Crippen molar-refractivity contribution in [3.8, 4) is 0 Å². The summed E-state index contributed by atoms with van der Waals surface area (Å²) in [4.78, 5) is 5.55. The molecule has 0 amide bonds. The minimum atomic E-state index is 0.845. The van der Waals surface area contributed by atoms with E-state index in [9.17, 15) is 0 Å². The van der Waals surface area contributed by atoms with Crippen molar-refractivity contribution in [3.05, 3.63) is 35.8 Å². The van der Waals surface area contributed by atoms with Crippen LogP contribution in [0.25, 0.3) is 0 Å². The Balaban J connectivity index is 2.45. The van der Waals surface area contributed by atoms with E-state index in [4.69, 9.17) is 0 Å². The summed E-state index contributed by atoms with van der Waals surface area (Å²) >= 11 is 1.74. The first-order valence-corrected chi connectivity index (χ1v) is 4.32. The highest BCUT2D eigenvalue weighted by Crippen LogP contribution is 2.24. The van der Waals surface area contributed by atoms with Gasteiger partial charge in [-0.05, 0) is 6.92 Å². The third kappa shape index (κ3) is 2.76. The van der Waals surface area contributed by atoms with E-state index in [0.29, 0.717) is 0 Å². The van der Waals surface area contributed by atoms with Gasteiger partial charge in [0.25, 0.3) is 0 Å². The fourth-order valence-corrected chi connectivity index (χ4v) is 1.56. The van der Waals surface area contributed by atoms with Crippen molar-refractivity contribution in [2.75, 3.05) is 6.54 Å². The largest absolute Gasteiger partial charge is 0.278 e. The second-order valence-corrected chi connectivity index (χ2v) is 3.51. The summed E-state index contributed by atoms with van der Waals surface area (Å²) in [6, 6.07) is 0. The topological polar surface area (TPSA) is 12.4 Å². The van der Waals surface area contributed by atoms with Crippen molar-refractivity contribution in [1.82, 2.24) is 0 Å². The van der Waals surface area contributed by atoms with Gasteiger partial charge in [0, 0.05) is 4.91 Å². The second kappa shape index (κ2) is 4.19. The molecule has 1 heterocycles. The van der Waals surface area contributed by atoms with Crippen LogP contribution in [-0.2, 0) is 0 Å². The van der Waals surface area contributed by atoms with E-state index in [-0.39, 0.29) is 0 Å². The molecule has 0 aromatic carbocycles. The number of allylic oxidation sites excluding steroid dienone is 4. The molecule has 11 heavy (non-hydrogen) atoms. The van der Waals surface area contributed by atoms with Crippen molar-refractivity contribution < 1.29 is 0 Å². The first kappa shape index (κ1) is 8.34. The summed E-state index contributed by atoms with van der Waals surface area (Å²) in [6.07, 6.45) is 7.75. The van der Waals surface area contributed by atoms with Crippen molar-refractivity contribution in [2.45, 2.75) is 6.92 Å². The molecule has 0 aromatic heterocycles. The molecule has 0 atom stereocenters. The molecule has 1 aliphatic rings. The monoisotopic (exact) mass is 165 g/mol. The third-order valence-electron chi connectivity index (χ3n) is 1.27. The molecule has 0 fully saturated rings. The Morgan fingerprint density at radius 3 is 2.91 bits per heavy atom. The van der Waals surface area contributed by atoms with Crippen LogP contribution in [0, 0.1) is 0 Å². The Hall–Kier alpha value is -0.760. The van der Waals surface area contributed by atoms with Crippen LogP contribution in [-0.4, -0.2) is 11.6 Å². The lowest BCUT2D eigenvalue weighted by Gasteiger charge is -1.88. The van der Waals surface area contributed by atoms with Gasteiger partial charge in [0.1, 0.15) is 0 Å². The summed E-state index contributed by atoms with van der Waals surface area (Å²) in [5, 5.41) is 1.16. The zero-order chi connectivity index (χ0) is 8.10. The molecule has 58 valence electrons. The quantitative estimate of drug-likeness (QED) is 0.573. The van der Waals surface area contributed by atoms with Crippen LogP contribution in [0.5, 0.6) is 0 Å². The lowest BCUT2D eigenvalue weighted by atomic mass is 10.4. The van der Waals surface area contributed by atoms with Gasteiger partial charge in [-0.2, -0.15) is 0 Å². The summed E-state index contributed by atoms with van der Waals surface area (Å²) in [5.74, 6) is 0. The van der Waals surface area contributed by atoms with Crippen LogP contribution in [0.2, 0.25) is 0 Å². The van der Waals surface area contributed by atoms with Gasteiger partial charge in [-0.15, -0.1) is 0 Å². The normalized spacial score (nSPS) is 21.2. The van der Waals surface area contributed by atoms with Gasteiger partial charge in [-0.25, -0.2) is 0 Å². The molecule has 0 N–H and O–H groups in total. The van der Waals surface area contributed by atoms with E-state index in [1.54, 1.807) is 17.8 Å². The van der Waals surface area contributed by atoms with E-state index in [1.807, 2.05) is 19.1 Å². The van der Waals surface area contributed by atoms with Crippen molar-refractivity contribution in [3.63, 3.8) is 0 Å². The van der Waals surface area contributed by atoms with Crippen LogP contribution >= 0.6 is 11.8 Å². The smallest absolute Gasteiger partial charge is 0.0712 e. The Kier molecular flexibility index (Phi) is 3.17. The zero-order valence-electron chi connectivity index (χ0n) is 6.58. The molecule has 0 spiro atoms. The number of nitrogens with zero attached hydrogens (tertiary/aromatic N) is 1. The molecule has 0 bridgehead atoms. The Bertz CT molecular complexity index is 236. The Morgan fingerprint density at radius 1 is 1.55 bits per heavy atom. The molecule has 1 nitrogen and oxygen atoms in total. The predicted molar refractivity (Wildman–Crippen MR) is 53.0 cm³/mol. The van der Waals surface area contributed by atoms with Gasteiger partial charge in [-0.3, -0.25) is 4.99 Å². The number of hydrogen-bond acceptors (Lipinski definition) is 2. The lowest BCUT2D eigenvalue weighted by Crippen LogP contribution is -1.72. The van der Waals surface area contributed by atoms with Crippen LogP contribution < -0.4 is 0 Å². The number of hydrogen-bond donors (Lipinski definition) is 0. The van der Waals surface area contributed by atoms with Crippen molar-refractivity contribution in [2.24, 2.45) is 4.99 Å². The molecule has 0 saturated carbocycles. The Morgan fingerprint density at radius 2 is 2.36 bits per heavy atom. The summed E-state index contributed by atoms with van der Waals surface area (Å²) < 4.78 is 0. The maximum atomic E-state index is 4.25. The molecular weight excluding hydrogens is 154 g/mol. The number of aliphatic imine (C=N–C) groups is 1. The summed E-state index contributed by atoms with van der Waals surface area (Å²) in [6.45, 7) is 6.46. The molecule has 1 rings (SSSR count). The molecule has 0 saturated heterocycles. The van der Waals surface area contributed by atoms with Crippen LogP contribution in [0.1, 0.15) is 6.92 Å². The molecule has 1 aliphatic heterocycles. The van der Waals surface area contributed by atoms with Crippen LogP contribution in [0.15, 0.2) is 40.8 Å². The van der Waals surface area contributed by atoms with Crippen molar-refractivity contribution in [1.29, 1.82) is 0 Å². The maximum Gasteiger partial charge on any atom is 0.0712 e. The lowest BCUT2D eigenvalue weighted by molar-refractivity contribution is 1.25. The summed E-state index contributed by atoms with van der Waals surface area (Å²) in [5.41, 5.74) is 0. The first-order valence-electron chi connectivity index (χ1n) is 3.50. The van der Waals surface area contributed by atoms with E-state index in [2.05, 4.69) is 17.6 Å².